The van der Waals surface area contributed by atoms with Gasteiger partial charge in [0.25, 0.3) is 0 Å². The van der Waals surface area contributed by atoms with Gasteiger partial charge in [-0.05, 0) is 109 Å². The molecule has 1 N–H and O–H groups in total. The fourth-order valence-electron chi connectivity index (χ4n) is 6.38. The van der Waals surface area contributed by atoms with E-state index in [0.717, 1.165) is 71.1 Å². The molecule has 0 fully saturated rings. The second-order valence-corrected chi connectivity index (χ2v) is 13.5. The third kappa shape index (κ3) is 13.2. The van der Waals surface area contributed by atoms with Crippen LogP contribution in [0.4, 0.5) is 0 Å². The minimum Gasteiger partial charge on any atom is -0.494 e. The van der Waals surface area contributed by atoms with Gasteiger partial charge in [-0.3, -0.25) is 29.7 Å². The molecule has 0 radical (unpaired) electrons. The van der Waals surface area contributed by atoms with Crippen molar-refractivity contribution in [2.24, 2.45) is 0 Å². The number of carbonyl (C=O) groups is 1. The van der Waals surface area contributed by atoms with Crippen LogP contribution in [0.2, 0.25) is 0 Å². The summed E-state index contributed by atoms with van der Waals surface area (Å²) in [6.07, 6.45) is 9.26. The van der Waals surface area contributed by atoms with Gasteiger partial charge in [0.2, 0.25) is 0 Å². The molecule has 0 atom stereocenters. The molecule has 55 heavy (non-hydrogen) atoms. The molecule has 4 heterocycles. The monoisotopic (exact) mass is 735 g/mol. The second-order valence-electron chi connectivity index (χ2n) is 13.5. The third-order valence-electron chi connectivity index (χ3n) is 9.01. The highest BCUT2D eigenvalue weighted by Gasteiger charge is 2.15. The van der Waals surface area contributed by atoms with Crippen molar-refractivity contribution in [1.29, 1.82) is 0 Å². The zero-order valence-electron chi connectivity index (χ0n) is 31.5. The number of rotatable bonds is 21. The van der Waals surface area contributed by atoms with Gasteiger partial charge < -0.3 is 14.8 Å². The Labute approximate surface area is 324 Å². The quantitative estimate of drug-likeness (QED) is 0.0594. The number of pyridine rings is 4. The number of esters is 1. The Balaban J connectivity index is 1.15. The Hall–Kier alpha value is -5.81. The SMILES string of the molecule is COC(=O)c1ccc(CNCCCCOc2cc(CN(Cc3ccccn3)Cc3ccccn3)cc(CN(Cc3ccccn3)Cc3ccccn3)c2)cc1. The molecule has 6 aromatic rings. The molecule has 10 heteroatoms. The molecule has 0 aliphatic heterocycles. The highest BCUT2D eigenvalue weighted by molar-refractivity contribution is 5.89. The van der Waals surface area contributed by atoms with Crippen molar-refractivity contribution in [2.75, 3.05) is 20.3 Å². The molecule has 0 aliphatic carbocycles. The number of hydrogen-bond donors (Lipinski definition) is 1. The first-order valence-corrected chi connectivity index (χ1v) is 18.8. The largest absolute Gasteiger partial charge is 0.494 e. The highest BCUT2D eigenvalue weighted by Crippen LogP contribution is 2.23. The van der Waals surface area contributed by atoms with Crippen LogP contribution >= 0.6 is 0 Å². The maximum absolute atomic E-state index is 11.7. The van der Waals surface area contributed by atoms with Crippen molar-refractivity contribution in [3.8, 4) is 5.75 Å². The summed E-state index contributed by atoms with van der Waals surface area (Å²) in [7, 11) is 1.39. The Kier molecular flexibility index (Phi) is 15.0. The van der Waals surface area contributed by atoms with Crippen molar-refractivity contribution < 1.29 is 14.3 Å². The molecule has 0 bridgehead atoms. The van der Waals surface area contributed by atoms with Gasteiger partial charge >= 0.3 is 5.97 Å². The molecule has 0 saturated carbocycles. The van der Waals surface area contributed by atoms with Crippen LogP contribution in [-0.2, 0) is 50.6 Å². The van der Waals surface area contributed by atoms with Crippen LogP contribution in [-0.4, -0.2) is 56.0 Å². The van der Waals surface area contributed by atoms with E-state index in [0.29, 0.717) is 51.4 Å². The van der Waals surface area contributed by atoms with E-state index < -0.39 is 0 Å². The van der Waals surface area contributed by atoms with E-state index in [9.17, 15) is 4.79 Å². The Morgan fingerprint density at radius 3 is 1.45 bits per heavy atom. The van der Waals surface area contributed by atoms with Crippen molar-refractivity contribution in [1.82, 2.24) is 35.1 Å². The topological polar surface area (TPSA) is 106 Å². The normalized spacial score (nSPS) is 11.2. The van der Waals surface area contributed by atoms with Gasteiger partial charge in [-0.1, -0.05) is 42.5 Å². The van der Waals surface area contributed by atoms with Gasteiger partial charge in [-0.2, -0.15) is 0 Å². The summed E-state index contributed by atoms with van der Waals surface area (Å²) >= 11 is 0. The minimum atomic E-state index is -0.324. The van der Waals surface area contributed by atoms with E-state index in [1.165, 1.54) is 7.11 Å². The number of unbranched alkanes of at least 4 members (excludes halogenated alkanes) is 1. The van der Waals surface area contributed by atoms with Crippen LogP contribution in [0, 0.1) is 0 Å². The summed E-state index contributed by atoms with van der Waals surface area (Å²) in [5, 5.41) is 3.50. The summed E-state index contributed by atoms with van der Waals surface area (Å²) in [6, 6.07) is 38.3. The molecular formula is C45H49N7O3. The van der Waals surface area contributed by atoms with E-state index in [4.69, 9.17) is 9.47 Å². The number of methoxy groups -OCH3 is 1. The predicted octanol–water partition coefficient (Wildman–Crippen LogP) is 7.41. The molecule has 0 unspecified atom stereocenters. The van der Waals surface area contributed by atoms with Crippen molar-refractivity contribution in [3.05, 3.63) is 185 Å². The van der Waals surface area contributed by atoms with Crippen LogP contribution in [0.25, 0.3) is 0 Å². The van der Waals surface area contributed by atoms with Gasteiger partial charge in [-0.25, -0.2) is 4.79 Å². The van der Waals surface area contributed by atoms with Crippen LogP contribution in [0.5, 0.6) is 5.75 Å². The number of nitrogens with one attached hydrogen (secondary N) is 1. The van der Waals surface area contributed by atoms with Crippen molar-refractivity contribution >= 4 is 5.97 Å². The maximum Gasteiger partial charge on any atom is 0.337 e. The van der Waals surface area contributed by atoms with Crippen molar-refractivity contribution in [3.63, 3.8) is 0 Å². The number of hydrogen-bond acceptors (Lipinski definition) is 10. The van der Waals surface area contributed by atoms with Crippen LogP contribution < -0.4 is 10.1 Å². The van der Waals surface area contributed by atoms with E-state index >= 15 is 0 Å². The second kappa shape index (κ2) is 21.2. The predicted molar refractivity (Wildman–Crippen MR) is 214 cm³/mol. The van der Waals surface area contributed by atoms with Crippen molar-refractivity contribution in [2.45, 2.75) is 58.7 Å². The molecule has 10 nitrogen and oxygen atoms in total. The molecule has 2 aromatic carbocycles. The first-order chi connectivity index (χ1) is 27.1. The zero-order chi connectivity index (χ0) is 37.9. The summed E-state index contributed by atoms with van der Waals surface area (Å²) in [6.45, 7) is 6.34. The summed E-state index contributed by atoms with van der Waals surface area (Å²) < 4.78 is 11.3. The third-order valence-corrected chi connectivity index (χ3v) is 9.01. The van der Waals surface area contributed by atoms with Gasteiger partial charge in [0, 0.05) is 70.6 Å². The molecule has 0 saturated heterocycles. The average Bonchev–Trinajstić information content (AvgIpc) is 3.22. The maximum atomic E-state index is 11.7. The van der Waals surface area contributed by atoms with Gasteiger partial charge in [0.15, 0.2) is 0 Å². The lowest BCUT2D eigenvalue weighted by Gasteiger charge is -2.25. The summed E-state index contributed by atoms with van der Waals surface area (Å²) in [5.41, 5.74) is 8.03. The smallest absolute Gasteiger partial charge is 0.337 e. The standard InChI is InChI=1S/C45H49N7O3/c1-54-45(53)39-18-16-36(17-19-39)29-46-20-10-11-25-55-44-27-37(30-51(32-40-12-2-6-21-47-40)33-41-13-3-7-22-48-41)26-38(28-44)31-52(34-42-14-4-8-23-49-42)35-43-15-5-9-24-50-43/h2-9,12-19,21-24,26-28,46H,10-11,20,25,29-35H2,1H3. The lowest BCUT2D eigenvalue weighted by molar-refractivity contribution is 0.0600. The molecule has 0 spiro atoms. The van der Waals surface area contributed by atoms with Gasteiger partial charge in [-0.15, -0.1) is 0 Å². The first-order valence-electron chi connectivity index (χ1n) is 18.8. The molecule has 6 rings (SSSR count). The van der Waals surface area contributed by atoms with Gasteiger partial charge in [0.1, 0.15) is 5.75 Å². The molecule has 4 aromatic heterocycles. The lowest BCUT2D eigenvalue weighted by atomic mass is 10.1. The molecule has 282 valence electrons. The van der Waals surface area contributed by atoms with E-state index in [1.807, 2.05) is 85.5 Å². The Morgan fingerprint density at radius 2 is 1.04 bits per heavy atom. The molecule has 0 aliphatic rings. The Bertz CT molecular complexity index is 1810. The van der Waals surface area contributed by atoms with Crippen LogP contribution in [0.15, 0.2) is 140 Å². The number of benzene rings is 2. The van der Waals surface area contributed by atoms with Crippen LogP contribution in [0.1, 0.15) is 62.7 Å². The fraction of sp³-hybridized carbons (Fsp3) is 0.267. The summed E-state index contributed by atoms with van der Waals surface area (Å²) in [5.74, 6) is 0.534. The number of carbonyl (C=O) groups excluding carboxylic acids is 1. The number of aromatic nitrogens is 4. The molecular weight excluding hydrogens is 687 g/mol. The van der Waals surface area contributed by atoms with E-state index in [-0.39, 0.29) is 5.97 Å². The number of ether oxygens (including phenoxy) is 2. The highest BCUT2D eigenvalue weighted by atomic mass is 16.5. The van der Waals surface area contributed by atoms with E-state index in [1.54, 1.807) is 12.1 Å². The van der Waals surface area contributed by atoms with Crippen LogP contribution in [0.3, 0.4) is 0 Å². The van der Waals surface area contributed by atoms with Gasteiger partial charge in [0.05, 0.1) is 42.1 Å². The Morgan fingerprint density at radius 1 is 0.564 bits per heavy atom. The average molecular weight is 736 g/mol. The minimum absolute atomic E-state index is 0.324. The fourth-order valence-corrected chi connectivity index (χ4v) is 6.38. The summed E-state index contributed by atoms with van der Waals surface area (Å²) in [4.78, 5) is 35.0. The first kappa shape index (κ1) is 38.9. The zero-order valence-corrected chi connectivity index (χ0v) is 31.5. The lowest BCUT2D eigenvalue weighted by Crippen LogP contribution is -2.25. The molecule has 0 amide bonds. The van der Waals surface area contributed by atoms with E-state index in [2.05, 4.69) is 77.5 Å². The number of nitrogens with zero attached hydrogens (tertiary/aromatic N) is 6.